The van der Waals surface area contributed by atoms with Gasteiger partial charge in [0.2, 0.25) is 15.9 Å². The van der Waals surface area contributed by atoms with Gasteiger partial charge >= 0.3 is 0 Å². The predicted octanol–water partition coefficient (Wildman–Crippen LogP) is 3.65. The second kappa shape index (κ2) is 9.02. The van der Waals surface area contributed by atoms with Crippen molar-refractivity contribution >= 4 is 38.7 Å². The molecule has 4 atom stereocenters. The van der Waals surface area contributed by atoms with E-state index < -0.39 is 16.1 Å². The molecule has 31 heavy (non-hydrogen) atoms. The number of aromatic nitrogens is 2. The number of amides is 1. The van der Waals surface area contributed by atoms with Crippen LogP contribution < -0.4 is 10.0 Å². The Balaban J connectivity index is 1.64. The Morgan fingerprint density at radius 3 is 2.61 bits per heavy atom. The maximum atomic E-state index is 13.3. The second-order valence-electron chi connectivity index (χ2n) is 8.24. The van der Waals surface area contributed by atoms with Crippen molar-refractivity contribution in [3.05, 3.63) is 54.1 Å². The fourth-order valence-corrected chi connectivity index (χ4v) is 6.14. The summed E-state index contributed by atoms with van der Waals surface area (Å²) in [5, 5.41) is 3.11. The zero-order chi connectivity index (χ0) is 22.0. The van der Waals surface area contributed by atoms with Crippen molar-refractivity contribution in [3.8, 4) is 0 Å². The number of fused-ring (bicyclic) bond motifs is 1. The first-order valence-corrected chi connectivity index (χ1v) is 12.7. The fourth-order valence-electron chi connectivity index (χ4n) is 4.19. The first-order chi connectivity index (χ1) is 14.9. The van der Waals surface area contributed by atoms with Crippen LogP contribution in [0.4, 0.5) is 0 Å². The monoisotopic (exact) mass is 458 g/mol. The van der Waals surface area contributed by atoms with Gasteiger partial charge in [0.1, 0.15) is 22.0 Å². The van der Waals surface area contributed by atoms with Crippen LogP contribution >= 0.6 is 11.7 Å². The number of nitrogens with zero attached hydrogens (tertiary/aromatic N) is 2. The highest BCUT2D eigenvalue weighted by molar-refractivity contribution is 7.89. The molecule has 4 rings (SSSR count). The first kappa shape index (κ1) is 21.9. The lowest BCUT2D eigenvalue weighted by Crippen LogP contribution is -2.48. The Bertz CT molecular complexity index is 1160. The lowest BCUT2D eigenvalue weighted by molar-refractivity contribution is -0.124. The van der Waals surface area contributed by atoms with E-state index in [1.807, 2.05) is 6.07 Å². The number of carbonyl (C=O) groups is 1. The number of sulfonamides is 1. The fraction of sp³-hybridized carbons (Fsp3) is 0.409. The minimum atomic E-state index is -4.02. The molecule has 1 amide bonds. The molecule has 1 heterocycles. The molecule has 9 heteroatoms. The highest BCUT2D eigenvalue weighted by Crippen LogP contribution is 2.30. The summed E-state index contributed by atoms with van der Waals surface area (Å²) in [4.78, 5) is 13.3. The third-order valence-corrected chi connectivity index (χ3v) is 8.24. The summed E-state index contributed by atoms with van der Waals surface area (Å²) >= 11 is 0.957. The molecule has 0 aliphatic heterocycles. The van der Waals surface area contributed by atoms with Gasteiger partial charge in [0.25, 0.3) is 0 Å². The van der Waals surface area contributed by atoms with Gasteiger partial charge in [0, 0.05) is 6.04 Å². The van der Waals surface area contributed by atoms with Crippen LogP contribution in [-0.2, 0) is 14.8 Å². The average molecular weight is 459 g/mol. The van der Waals surface area contributed by atoms with Crippen molar-refractivity contribution in [2.45, 2.75) is 50.1 Å². The lowest BCUT2D eigenvalue weighted by atomic mass is 9.78. The Morgan fingerprint density at radius 2 is 1.84 bits per heavy atom. The maximum absolute atomic E-state index is 13.3. The normalized spacial score (nSPS) is 22.8. The van der Waals surface area contributed by atoms with E-state index in [4.69, 9.17) is 0 Å². The van der Waals surface area contributed by atoms with E-state index in [0.717, 1.165) is 31.0 Å². The van der Waals surface area contributed by atoms with Crippen molar-refractivity contribution < 1.29 is 13.2 Å². The molecule has 1 aromatic heterocycles. The van der Waals surface area contributed by atoms with Gasteiger partial charge in [-0.3, -0.25) is 4.79 Å². The largest absolute Gasteiger partial charge is 0.351 e. The summed E-state index contributed by atoms with van der Waals surface area (Å²) in [5.41, 5.74) is 1.41. The summed E-state index contributed by atoms with van der Waals surface area (Å²) < 4.78 is 37.4. The van der Waals surface area contributed by atoms with Crippen LogP contribution in [0.15, 0.2) is 53.4 Å². The van der Waals surface area contributed by atoms with Gasteiger partial charge in [-0.05, 0) is 36.0 Å². The van der Waals surface area contributed by atoms with Crippen LogP contribution in [-0.4, -0.2) is 29.1 Å². The maximum Gasteiger partial charge on any atom is 0.243 e. The zero-order valence-corrected chi connectivity index (χ0v) is 19.1. The van der Waals surface area contributed by atoms with E-state index in [2.05, 4.69) is 32.6 Å². The van der Waals surface area contributed by atoms with Crippen LogP contribution in [0.25, 0.3) is 11.0 Å². The lowest BCUT2D eigenvalue weighted by Gasteiger charge is -2.35. The van der Waals surface area contributed by atoms with Crippen molar-refractivity contribution in [3.63, 3.8) is 0 Å². The molecule has 0 bridgehead atoms. The van der Waals surface area contributed by atoms with Gasteiger partial charge in [-0.25, -0.2) is 8.42 Å². The van der Waals surface area contributed by atoms with Gasteiger partial charge in [0.05, 0.1) is 11.7 Å². The van der Waals surface area contributed by atoms with E-state index in [9.17, 15) is 13.2 Å². The Labute approximate surface area is 186 Å². The van der Waals surface area contributed by atoms with Gasteiger partial charge in [-0.2, -0.15) is 13.5 Å². The average Bonchev–Trinajstić information content (AvgIpc) is 3.24. The predicted molar refractivity (Wildman–Crippen MR) is 121 cm³/mol. The molecule has 1 aliphatic rings. The molecule has 164 valence electrons. The van der Waals surface area contributed by atoms with Crippen molar-refractivity contribution in [2.24, 2.45) is 11.8 Å². The van der Waals surface area contributed by atoms with Gasteiger partial charge in [-0.1, -0.05) is 63.1 Å². The minimum absolute atomic E-state index is 0.0205. The molecule has 7 nitrogen and oxygen atoms in total. The summed E-state index contributed by atoms with van der Waals surface area (Å²) in [6.07, 6.45) is 3.10. The topological polar surface area (TPSA) is 101 Å². The number of rotatable bonds is 6. The minimum Gasteiger partial charge on any atom is -0.351 e. The molecule has 1 fully saturated rings. The van der Waals surface area contributed by atoms with Gasteiger partial charge in [0.15, 0.2) is 0 Å². The van der Waals surface area contributed by atoms with Crippen LogP contribution in [0.3, 0.4) is 0 Å². The molecule has 0 radical (unpaired) electrons. The Kier molecular flexibility index (Phi) is 6.36. The zero-order valence-electron chi connectivity index (χ0n) is 17.5. The van der Waals surface area contributed by atoms with Crippen molar-refractivity contribution in [1.29, 1.82) is 0 Å². The molecule has 2 N–H and O–H groups in total. The first-order valence-electron chi connectivity index (χ1n) is 10.5. The molecule has 2 aromatic carbocycles. The van der Waals surface area contributed by atoms with Crippen LogP contribution in [0.5, 0.6) is 0 Å². The molecule has 0 saturated heterocycles. The number of hydrogen-bond acceptors (Lipinski definition) is 6. The van der Waals surface area contributed by atoms with Gasteiger partial charge < -0.3 is 5.32 Å². The summed E-state index contributed by atoms with van der Waals surface area (Å²) in [6, 6.07) is 12.7. The summed E-state index contributed by atoms with van der Waals surface area (Å²) in [6.45, 7) is 4.34. The summed E-state index contributed by atoms with van der Waals surface area (Å²) in [5.74, 6) is 0.505. The number of benzene rings is 2. The molecule has 1 aliphatic carbocycles. The third kappa shape index (κ3) is 4.63. The molecular formula is C22H26N4O3S2. The quantitative estimate of drug-likeness (QED) is 0.587. The molecule has 3 aromatic rings. The number of carbonyl (C=O) groups excluding carboxylic acids is 1. The van der Waals surface area contributed by atoms with Crippen LogP contribution in [0, 0.1) is 11.8 Å². The van der Waals surface area contributed by atoms with Crippen LogP contribution in [0.2, 0.25) is 0 Å². The van der Waals surface area contributed by atoms with E-state index in [1.54, 1.807) is 36.4 Å². The SMILES string of the molecule is C[C@@H]1[C@H](C)CCC[C@@H]1NC(=O)[C@@H](NS(=O)(=O)c1cccc2nsnc12)c1ccccc1. The highest BCUT2D eigenvalue weighted by atomic mass is 32.2. The number of nitrogens with one attached hydrogen (secondary N) is 2. The smallest absolute Gasteiger partial charge is 0.243 e. The standard InChI is InChI=1S/C22H26N4O3S2/c1-14-8-6-11-17(15(14)2)23-22(27)20(16-9-4-3-5-10-16)26-31(28,29)19-13-7-12-18-21(19)25-30-24-18/h3-5,7,9-10,12-15,17,20,26H,6,8,11H2,1-2H3,(H,23,27)/t14-,15-,17+,20+/m1/s1. The summed E-state index contributed by atoms with van der Waals surface area (Å²) in [7, 11) is -4.02. The van der Waals surface area contributed by atoms with E-state index in [1.165, 1.54) is 6.07 Å². The Morgan fingerprint density at radius 1 is 1.06 bits per heavy atom. The van der Waals surface area contributed by atoms with Gasteiger partial charge in [-0.15, -0.1) is 0 Å². The second-order valence-corrected chi connectivity index (χ2v) is 10.4. The van der Waals surface area contributed by atoms with E-state index in [-0.39, 0.29) is 16.8 Å². The molecule has 0 spiro atoms. The third-order valence-electron chi connectivity index (χ3n) is 6.24. The molecular weight excluding hydrogens is 432 g/mol. The number of hydrogen-bond donors (Lipinski definition) is 2. The molecule has 1 saturated carbocycles. The molecule has 0 unspecified atom stereocenters. The van der Waals surface area contributed by atoms with E-state index in [0.29, 0.717) is 28.4 Å². The van der Waals surface area contributed by atoms with E-state index >= 15 is 0 Å². The highest BCUT2D eigenvalue weighted by Gasteiger charge is 2.33. The van der Waals surface area contributed by atoms with Crippen molar-refractivity contribution in [1.82, 2.24) is 18.8 Å². The Hall–Kier alpha value is -2.36. The van der Waals surface area contributed by atoms with Crippen molar-refractivity contribution in [2.75, 3.05) is 0 Å². The van der Waals surface area contributed by atoms with Crippen LogP contribution in [0.1, 0.15) is 44.7 Å².